The van der Waals surface area contributed by atoms with Crippen molar-refractivity contribution in [3.63, 3.8) is 0 Å². The van der Waals surface area contributed by atoms with E-state index in [2.05, 4.69) is 10.3 Å². The van der Waals surface area contributed by atoms with Crippen molar-refractivity contribution >= 4 is 22.5 Å². The molecular weight excluding hydrogens is 321 g/mol. The van der Waals surface area contributed by atoms with E-state index in [1.165, 1.54) is 24.4 Å². The van der Waals surface area contributed by atoms with Gasteiger partial charge in [-0.2, -0.15) is 13.2 Å². The number of rotatable bonds is 2. The Labute approximate surface area is 134 Å². The van der Waals surface area contributed by atoms with Gasteiger partial charge in [-0.15, -0.1) is 0 Å². The maximum atomic E-state index is 12.7. The Hall–Kier alpha value is -3.09. The van der Waals surface area contributed by atoms with Crippen molar-refractivity contribution < 1.29 is 23.1 Å². The van der Waals surface area contributed by atoms with Gasteiger partial charge >= 0.3 is 6.18 Å². The second kappa shape index (κ2) is 5.84. The lowest BCUT2D eigenvalue weighted by molar-refractivity contribution is -0.137. The molecule has 24 heavy (non-hydrogen) atoms. The number of nitrogens with one attached hydrogen (secondary N) is 1. The number of halogens is 3. The highest BCUT2D eigenvalue weighted by Crippen LogP contribution is 2.31. The molecule has 0 unspecified atom stereocenters. The van der Waals surface area contributed by atoms with E-state index in [1.807, 2.05) is 0 Å². The van der Waals surface area contributed by atoms with E-state index in [0.29, 0.717) is 5.39 Å². The third-order valence-corrected chi connectivity index (χ3v) is 3.44. The Kier molecular flexibility index (Phi) is 3.84. The molecule has 2 N–H and O–H groups in total. The van der Waals surface area contributed by atoms with Gasteiger partial charge in [-0.25, -0.2) is 0 Å². The van der Waals surface area contributed by atoms with Crippen LogP contribution in [0.4, 0.5) is 18.9 Å². The molecule has 3 aromatic rings. The van der Waals surface area contributed by atoms with Crippen molar-refractivity contribution in [3.8, 4) is 5.75 Å². The van der Waals surface area contributed by atoms with Crippen LogP contribution < -0.4 is 5.32 Å². The number of aromatic hydroxyl groups is 1. The molecule has 0 aliphatic carbocycles. The summed E-state index contributed by atoms with van der Waals surface area (Å²) >= 11 is 0. The topological polar surface area (TPSA) is 62.2 Å². The standard InChI is InChI=1S/C17H11F3N2O2/c18-17(19,20)11-4-1-5-12(9-11)22-16(24)13-7-6-10-3-2-8-21-14(10)15(13)23/h1-9,23H,(H,22,24). The van der Waals surface area contributed by atoms with Crippen LogP contribution in [0, 0.1) is 0 Å². The predicted molar refractivity (Wildman–Crippen MR) is 82.8 cm³/mol. The summed E-state index contributed by atoms with van der Waals surface area (Å²) in [5.41, 5.74) is -0.715. The number of carbonyl (C=O) groups is 1. The third-order valence-electron chi connectivity index (χ3n) is 3.44. The zero-order valence-electron chi connectivity index (χ0n) is 12.1. The first-order valence-corrected chi connectivity index (χ1v) is 6.91. The van der Waals surface area contributed by atoms with Gasteiger partial charge in [-0.05, 0) is 30.3 Å². The van der Waals surface area contributed by atoms with Crippen LogP contribution in [0.5, 0.6) is 5.75 Å². The lowest BCUT2D eigenvalue weighted by Crippen LogP contribution is -2.13. The number of amides is 1. The molecule has 1 amide bonds. The highest BCUT2D eigenvalue weighted by Gasteiger charge is 2.30. The summed E-state index contributed by atoms with van der Waals surface area (Å²) in [6, 6.07) is 10.7. The molecule has 0 fully saturated rings. The number of fused-ring (bicyclic) bond motifs is 1. The molecular formula is C17H11F3N2O2. The summed E-state index contributed by atoms with van der Waals surface area (Å²) in [7, 11) is 0. The van der Waals surface area contributed by atoms with Gasteiger partial charge in [0.1, 0.15) is 5.52 Å². The minimum absolute atomic E-state index is 0.0182. The number of carbonyl (C=O) groups excluding carboxylic acids is 1. The van der Waals surface area contributed by atoms with Gasteiger partial charge in [0.2, 0.25) is 0 Å². The number of nitrogens with zero attached hydrogens (tertiary/aromatic N) is 1. The van der Waals surface area contributed by atoms with E-state index in [-0.39, 0.29) is 22.5 Å². The summed E-state index contributed by atoms with van der Waals surface area (Å²) < 4.78 is 38.1. The Bertz CT molecular complexity index is 923. The fourth-order valence-corrected chi connectivity index (χ4v) is 2.28. The van der Waals surface area contributed by atoms with E-state index >= 15 is 0 Å². The molecule has 3 rings (SSSR count). The van der Waals surface area contributed by atoms with Crippen LogP contribution in [-0.4, -0.2) is 16.0 Å². The zero-order chi connectivity index (χ0) is 17.3. The number of phenolic OH excluding ortho intramolecular Hbond substituents is 1. The van der Waals surface area contributed by atoms with Gasteiger partial charge in [0, 0.05) is 17.3 Å². The molecule has 0 aliphatic rings. The number of hydrogen-bond donors (Lipinski definition) is 2. The van der Waals surface area contributed by atoms with Crippen molar-refractivity contribution in [2.24, 2.45) is 0 Å². The smallest absolute Gasteiger partial charge is 0.416 e. The minimum atomic E-state index is -4.50. The fraction of sp³-hybridized carbons (Fsp3) is 0.0588. The van der Waals surface area contributed by atoms with Crippen molar-refractivity contribution in [1.82, 2.24) is 4.98 Å². The van der Waals surface area contributed by atoms with Gasteiger partial charge in [0.05, 0.1) is 11.1 Å². The highest BCUT2D eigenvalue weighted by atomic mass is 19.4. The number of anilines is 1. The van der Waals surface area contributed by atoms with Crippen molar-refractivity contribution in [2.45, 2.75) is 6.18 Å². The zero-order valence-corrected chi connectivity index (χ0v) is 12.1. The number of aromatic nitrogens is 1. The van der Waals surface area contributed by atoms with Crippen LogP contribution in [0.15, 0.2) is 54.7 Å². The van der Waals surface area contributed by atoms with Crippen LogP contribution in [0.2, 0.25) is 0 Å². The van der Waals surface area contributed by atoms with Gasteiger partial charge in [-0.1, -0.05) is 18.2 Å². The molecule has 7 heteroatoms. The molecule has 1 heterocycles. The van der Waals surface area contributed by atoms with E-state index in [0.717, 1.165) is 12.1 Å². The van der Waals surface area contributed by atoms with Crippen molar-refractivity contribution in [2.75, 3.05) is 5.32 Å². The first kappa shape index (κ1) is 15.8. The first-order chi connectivity index (χ1) is 11.4. The van der Waals surface area contributed by atoms with Gasteiger partial charge in [0.15, 0.2) is 5.75 Å². The van der Waals surface area contributed by atoms with Crippen LogP contribution in [0.25, 0.3) is 10.9 Å². The lowest BCUT2D eigenvalue weighted by Gasteiger charge is -2.11. The van der Waals surface area contributed by atoms with E-state index in [9.17, 15) is 23.1 Å². The van der Waals surface area contributed by atoms with Crippen LogP contribution in [0.1, 0.15) is 15.9 Å². The molecule has 122 valence electrons. The second-order valence-corrected chi connectivity index (χ2v) is 5.07. The number of phenols is 1. The highest BCUT2D eigenvalue weighted by molar-refractivity contribution is 6.09. The summed E-state index contributed by atoms with van der Waals surface area (Å²) in [6.07, 6.45) is -3.04. The van der Waals surface area contributed by atoms with Crippen LogP contribution in [-0.2, 0) is 6.18 Å². The lowest BCUT2D eigenvalue weighted by atomic mass is 10.1. The molecule has 2 aromatic carbocycles. The quantitative estimate of drug-likeness (QED) is 0.739. The van der Waals surface area contributed by atoms with Crippen molar-refractivity contribution in [1.29, 1.82) is 0 Å². The maximum absolute atomic E-state index is 12.7. The molecule has 0 spiro atoms. The van der Waals surface area contributed by atoms with Crippen LogP contribution >= 0.6 is 0 Å². The largest absolute Gasteiger partial charge is 0.505 e. The number of hydrogen-bond acceptors (Lipinski definition) is 3. The Balaban J connectivity index is 1.92. The van der Waals surface area contributed by atoms with E-state index in [4.69, 9.17) is 0 Å². The monoisotopic (exact) mass is 332 g/mol. The molecule has 1 aromatic heterocycles. The molecule has 0 radical (unpaired) electrons. The molecule has 0 saturated carbocycles. The SMILES string of the molecule is O=C(Nc1cccc(C(F)(F)F)c1)c1ccc2cccnc2c1O. The van der Waals surface area contributed by atoms with E-state index < -0.39 is 17.6 Å². The van der Waals surface area contributed by atoms with Gasteiger partial charge < -0.3 is 10.4 Å². The molecule has 0 bridgehead atoms. The average Bonchev–Trinajstić information content (AvgIpc) is 2.55. The summed E-state index contributed by atoms with van der Waals surface area (Å²) in [5.74, 6) is -1.04. The first-order valence-electron chi connectivity index (χ1n) is 6.91. The molecule has 0 aliphatic heterocycles. The second-order valence-electron chi connectivity index (χ2n) is 5.07. The number of pyridine rings is 1. The average molecular weight is 332 g/mol. The minimum Gasteiger partial charge on any atom is -0.505 e. The normalized spacial score (nSPS) is 11.5. The molecule has 0 atom stereocenters. The molecule has 4 nitrogen and oxygen atoms in total. The number of benzene rings is 2. The van der Waals surface area contributed by atoms with Crippen LogP contribution in [0.3, 0.4) is 0 Å². The fourth-order valence-electron chi connectivity index (χ4n) is 2.28. The molecule has 0 saturated heterocycles. The summed E-state index contributed by atoms with van der Waals surface area (Å²) in [5, 5.41) is 13.2. The predicted octanol–water partition coefficient (Wildman–Crippen LogP) is 4.21. The Morgan fingerprint density at radius 3 is 2.62 bits per heavy atom. The van der Waals surface area contributed by atoms with Gasteiger partial charge in [0.25, 0.3) is 5.91 Å². The van der Waals surface area contributed by atoms with Gasteiger partial charge in [-0.3, -0.25) is 9.78 Å². The maximum Gasteiger partial charge on any atom is 0.416 e. The number of alkyl halides is 3. The summed E-state index contributed by atoms with van der Waals surface area (Å²) in [6.45, 7) is 0. The third kappa shape index (κ3) is 3.01. The summed E-state index contributed by atoms with van der Waals surface area (Å²) in [4.78, 5) is 16.3. The van der Waals surface area contributed by atoms with Crippen molar-refractivity contribution in [3.05, 3.63) is 65.9 Å². The Morgan fingerprint density at radius 2 is 1.88 bits per heavy atom. The Morgan fingerprint density at radius 1 is 1.08 bits per heavy atom. The van der Waals surface area contributed by atoms with E-state index in [1.54, 1.807) is 18.2 Å².